The van der Waals surface area contributed by atoms with Gasteiger partial charge in [0.25, 0.3) is 5.91 Å². The van der Waals surface area contributed by atoms with Crippen molar-refractivity contribution in [3.63, 3.8) is 0 Å². The molecule has 3 heterocycles. The minimum Gasteiger partial charge on any atom is -0.497 e. The molecule has 3 aromatic heterocycles. The molecule has 0 unspecified atom stereocenters. The zero-order chi connectivity index (χ0) is 24.1. The second-order valence-electron chi connectivity index (χ2n) is 7.63. The van der Waals surface area contributed by atoms with Crippen molar-refractivity contribution in [2.24, 2.45) is 0 Å². The van der Waals surface area contributed by atoms with Crippen LogP contribution in [0, 0.1) is 6.92 Å². The number of amides is 1. The number of carbonyl (C=O) groups is 1. The summed E-state index contributed by atoms with van der Waals surface area (Å²) in [5.74, 6) is 2.05. The molecule has 0 spiro atoms. The third-order valence-corrected chi connectivity index (χ3v) is 6.58. The van der Waals surface area contributed by atoms with Gasteiger partial charge in [-0.05, 0) is 61.9 Å². The van der Waals surface area contributed by atoms with Crippen molar-refractivity contribution in [2.45, 2.75) is 26.3 Å². The molecule has 7 nitrogen and oxygen atoms in total. The minimum atomic E-state index is -0.372. The van der Waals surface area contributed by atoms with Crippen LogP contribution in [0.4, 0.5) is 10.8 Å². The first kappa shape index (κ1) is 23.4. The summed E-state index contributed by atoms with van der Waals surface area (Å²) >= 11 is 1.54. The normalized spacial score (nSPS) is 11.6. The van der Waals surface area contributed by atoms with E-state index in [-0.39, 0.29) is 17.7 Å². The van der Waals surface area contributed by atoms with Gasteiger partial charge >= 0.3 is 0 Å². The third-order valence-electron chi connectivity index (χ3n) is 5.37. The van der Waals surface area contributed by atoms with E-state index in [1.54, 1.807) is 26.4 Å². The molecule has 34 heavy (non-hydrogen) atoms. The van der Waals surface area contributed by atoms with E-state index in [0.29, 0.717) is 17.3 Å². The monoisotopic (exact) mass is 477 g/mol. The lowest BCUT2D eigenvalue weighted by molar-refractivity contribution is 0.0997. The van der Waals surface area contributed by atoms with Gasteiger partial charge in [0.15, 0.2) is 5.76 Å². The van der Waals surface area contributed by atoms with Gasteiger partial charge in [0, 0.05) is 21.7 Å². The van der Waals surface area contributed by atoms with E-state index in [2.05, 4.69) is 28.6 Å². The number of carbonyl (C=O) groups excluding carboxylic acids is 1. The van der Waals surface area contributed by atoms with Gasteiger partial charge in [-0.1, -0.05) is 13.0 Å². The maximum absolute atomic E-state index is 12.8. The predicted octanol–water partition coefficient (Wildman–Crippen LogP) is 6.08. The quantitative estimate of drug-likeness (QED) is 0.304. The fourth-order valence-electron chi connectivity index (χ4n) is 3.68. The number of ether oxygens (including phenoxy) is 2. The average Bonchev–Trinajstić information content (AvgIpc) is 3.53. The number of furan rings is 1. The van der Waals surface area contributed by atoms with E-state index in [4.69, 9.17) is 13.9 Å². The zero-order valence-electron chi connectivity index (χ0n) is 19.5. The Balaban J connectivity index is 1.83. The first-order chi connectivity index (χ1) is 16.5. The maximum Gasteiger partial charge on any atom is 0.291 e. The van der Waals surface area contributed by atoms with Crippen LogP contribution in [0.3, 0.4) is 0 Å². The summed E-state index contributed by atoms with van der Waals surface area (Å²) in [6.07, 6.45) is 2.32. The second-order valence-corrected chi connectivity index (χ2v) is 8.77. The number of benzene rings is 1. The summed E-state index contributed by atoms with van der Waals surface area (Å²) < 4.78 is 16.5. The SMILES string of the molecule is CCc1cc([C@@H](Nc2cccc(C)n2)c2cc(OC)ccc2OC)c(NC(=O)c2ccco2)s1. The number of aryl methyl sites for hydroxylation is 2. The van der Waals surface area contributed by atoms with Gasteiger partial charge in [0.1, 0.15) is 22.3 Å². The molecule has 0 bridgehead atoms. The van der Waals surface area contributed by atoms with Gasteiger partial charge in [-0.25, -0.2) is 4.98 Å². The molecule has 0 saturated heterocycles. The van der Waals surface area contributed by atoms with Crippen molar-refractivity contribution in [1.29, 1.82) is 0 Å². The Morgan fingerprint density at radius 1 is 1.09 bits per heavy atom. The van der Waals surface area contributed by atoms with Crippen molar-refractivity contribution in [1.82, 2.24) is 4.98 Å². The van der Waals surface area contributed by atoms with Crippen LogP contribution in [-0.4, -0.2) is 25.1 Å². The van der Waals surface area contributed by atoms with E-state index in [1.807, 2.05) is 43.3 Å². The van der Waals surface area contributed by atoms with E-state index in [0.717, 1.165) is 33.1 Å². The largest absolute Gasteiger partial charge is 0.497 e. The standard InChI is InChI=1S/C26H27N3O4S/c1-5-18-15-20(26(34-18)29-25(30)22-9-7-13-33-22)24(28-23-10-6-8-16(2)27-23)19-14-17(31-3)11-12-21(19)32-4/h6-15,24H,5H2,1-4H3,(H,27,28)(H,29,30)/t24-/m0/s1. The van der Waals surface area contributed by atoms with Gasteiger partial charge < -0.3 is 24.5 Å². The topological polar surface area (TPSA) is 85.6 Å². The van der Waals surface area contributed by atoms with Crippen molar-refractivity contribution in [3.05, 3.63) is 88.3 Å². The first-order valence-electron chi connectivity index (χ1n) is 10.9. The molecule has 0 fully saturated rings. The second kappa shape index (κ2) is 10.4. The van der Waals surface area contributed by atoms with Crippen LogP contribution < -0.4 is 20.1 Å². The molecule has 8 heteroatoms. The van der Waals surface area contributed by atoms with Crippen LogP contribution in [0.2, 0.25) is 0 Å². The van der Waals surface area contributed by atoms with Gasteiger partial charge in [-0.15, -0.1) is 11.3 Å². The minimum absolute atomic E-state index is 0.251. The molecule has 0 radical (unpaired) electrons. The van der Waals surface area contributed by atoms with Crippen LogP contribution >= 0.6 is 11.3 Å². The first-order valence-corrected chi connectivity index (χ1v) is 11.7. The highest BCUT2D eigenvalue weighted by Gasteiger charge is 2.26. The number of pyridine rings is 1. The highest BCUT2D eigenvalue weighted by Crippen LogP contribution is 2.42. The number of methoxy groups -OCH3 is 2. The number of aromatic nitrogens is 1. The van der Waals surface area contributed by atoms with Gasteiger partial charge in [0.2, 0.25) is 0 Å². The molecule has 0 aliphatic carbocycles. The Bertz CT molecular complexity index is 1270. The van der Waals surface area contributed by atoms with E-state index in [1.165, 1.54) is 17.6 Å². The molecule has 4 rings (SSSR count). The van der Waals surface area contributed by atoms with Crippen molar-refractivity contribution in [2.75, 3.05) is 24.9 Å². The number of hydrogen-bond acceptors (Lipinski definition) is 7. The highest BCUT2D eigenvalue weighted by atomic mass is 32.1. The number of anilines is 2. The number of thiophene rings is 1. The van der Waals surface area contributed by atoms with Crippen LogP contribution in [0.1, 0.15) is 45.2 Å². The number of nitrogens with zero attached hydrogens (tertiary/aromatic N) is 1. The lowest BCUT2D eigenvalue weighted by atomic mass is 9.98. The lowest BCUT2D eigenvalue weighted by Crippen LogP contribution is -2.17. The van der Waals surface area contributed by atoms with Gasteiger partial charge in [0.05, 0.1) is 26.5 Å². The van der Waals surface area contributed by atoms with E-state index >= 15 is 0 Å². The molecular formula is C26H27N3O4S. The molecule has 1 aromatic carbocycles. The summed E-state index contributed by atoms with van der Waals surface area (Å²) in [4.78, 5) is 18.6. The summed E-state index contributed by atoms with van der Waals surface area (Å²) in [7, 11) is 3.27. The Labute approximate surface area is 202 Å². The molecule has 176 valence electrons. The molecule has 2 N–H and O–H groups in total. The smallest absolute Gasteiger partial charge is 0.291 e. The Morgan fingerprint density at radius 3 is 2.62 bits per heavy atom. The van der Waals surface area contributed by atoms with Crippen molar-refractivity contribution in [3.8, 4) is 11.5 Å². The Hall–Kier alpha value is -3.78. The third kappa shape index (κ3) is 5.07. The van der Waals surface area contributed by atoms with Gasteiger partial charge in [-0.3, -0.25) is 4.79 Å². The molecule has 0 saturated carbocycles. The summed E-state index contributed by atoms with van der Waals surface area (Å²) in [5, 5.41) is 7.31. The van der Waals surface area contributed by atoms with Crippen molar-refractivity contribution >= 4 is 28.1 Å². The molecule has 4 aromatic rings. The van der Waals surface area contributed by atoms with Gasteiger partial charge in [-0.2, -0.15) is 0 Å². The van der Waals surface area contributed by atoms with Crippen LogP contribution in [0.25, 0.3) is 0 Å². The number of nitrogens with one attached hydrogen (secondary N) is 2. The molecular weight excluding hydrogens is 450 g/mol. The summed E-state index contributed by atoms with van der Waals surface area (Å²) in [5.41, 5.74) is 2.66. The average molecular weight is 478 g/mol. The zero-order valence-corrected chi connectivity index (χ0v) is 20.4. The van der Waals surface area contributed by atoms with E-state index in [9.17, 15) is 4.79 Å². The lowest BCUT2D eigenvalue weighted by Gasteiger charge is -2.23. The summed E-state index contributed by atoms with van der Waals surface area (Å²) in [6, 6.07) is 16.6. The van der Waals surface area contributed by atoms with Crippen LogP contribution in [0.15, 0.2) is 65.3 Å². The van der Waals surface area contributed by atoms with Crippen LogP contribution in [-0.2, 0) is 6.42 Å². The maximum atomic E-state index is 12.8. The molecule has 0 aliphatic rings. The highest BCUT2D eigenvalue weighted by molar-refractivity contribution is 7.16. The van der Waals surface area contributed by atoms with E-state index < -0.39 is 0 Å². The Kier molecular flexibility index (Phi) is 7.18. The fourth-order valence-corrected chi connectivity index (χ4v) is 4.71. The van der Waals surface area contributed by atoms with Crippen molar-refractivity contribution < 1.29 is 18.7 Å². The fraction of sp³-hybridized carbons (Fsp3) is 0.231. The Morgan fingerprint density at radius 2 is 1.94 bits per heavy atom. The van der Waals surface area contributed by atoms with Crippen LogP contribution in [0.5, 0.6) is 11.5 Å². The number of rotatable bonds is 9. The predicted molar refractivity (Wildman–Crippen MR) is 134 cm³/mol. The molecule has 1 amide bonds. The molecule has 0 aliphatic heterocycles. The molecule has 1 atom stereocenters. The number of hydrogen-bond donors (Lipinski definition) is 2. The summed E-state index contributed by atoms with van der Waals surface area (Å²) in [6.45, 7) is 4.03.